The van der Waals surface area contributed by atoms with E-state index in [2.05, 4.69) is 41.2 Å². The number of rotatable bonds is 2. The lowest BCUT2D eigenvalue weighted by Gasteiger charge is -2.17. The molecule has 0 fully saturated rings. The summed E-state index contributed by atoms with van der Waals surface area (Å²) in [5, 5.41) is 3.09. The summed E-state index contributed by atoms with van der Waals surface area (Å²) in [6.07, 6.45) is 4.21. The van der Waals surface area contributed by atoms with Crippen molar-refractivity contribution in [2.75, 3.05) is 6.54 Å². The summed E-state index contributed by atoms with van der Waals surface area (Å²) < 4.78 is 0. The number of aromatic nitrogens is 1. The third kappa shape index (κ3) is 2.36. The minimum Gasteiger partial charge on any atom is -0.289 e. The molecule has 0 bridgehead atoms. The molecule has 1 unspecified atom stereocenters. The molecule has 0 saturated heterocycles. The largest absolute Gasteiger partial charge is 0.289 e. The highest BCUT2D eigenvalue weighted by atomic mass is 32.1. The van der Waals surface area contributed by atoms with Gasteiger partial charge in [-0.2, -0.15) is 0 Å². The predicted octanol–water partition coefficient (Wildman–Crippen LogP) is 4.03. The molecule has 0 amide bonds. The van der Waals surface area contributed by atoms with Crippen LogP contribution >= 0.6 is 11.3 Å². The Morgan fingerprint density at radius 2 is 1.94 bits per heavy atom. The van der Waals surface area contributed by atoms with Gasteiger partial charge in [-0.25, -0.2) is 4.98 Å². The Labute approximate surface area is 111 Å². The van der Waals surface area contributed by atoms with E-state index in [4.69, 9.17) is 0 Å². The summed E-state index contributed by atoms with van der Waals surface area (Å²) >= 11 is 1.68. The molecule has 2 nitrogen and oxygen atoms in total. The van der Waals surface area contributed by atoms with Crippen molar-refractivity contribution in [3.05, 3.63) is 41.4 Å². The van der Waals surface area contributed by atoms with Crippen LogP contribution in [0.4, 0.5) is 0 Å². The molecular weight excluding hydrogens is 240 g/mol. The van der Waals surface area contributed by atoms with Crippen molar-refractivity contribution in [1.29, 1.82) is 0 Å². The molecule has 2 aromatic rings. The molecule has 0 aliphatic carbocycles. The summed E-state index contributed by atoms with van der Waals surface area (Å²) in [4.78, 5) is 9.00. The number of hydrogen-bond acceptors (Lipinski definition) is 3. The Balaban J connectivity index is 1.83. The topological polar surface area (TPSA) is 25.2 Å². The van der Waals surface area contributed by atoms with E-state index < -0.39 is 0 Å². The Morgan fingerprint density at radius 1 is 1.17 bits per heavy atom. The van der Waals surface area contributed by atoms with Gasteiger partial charge in [0.05, 0.1) is 0 Å². The lowest BCUT2D eigenvalue weighted by atomic mass is 9.95. The van der Waals surface area contributed by atoms with Gasteiger partial charge in [0.1, 0.15) is 5.01 Å². The third-order valence-electron chi connectivity index (χ3n) is 3.37. The van der Waals surface area contributed by atoms with Crippen molar-refractivity contribution in [3.63, 3.8) is 0 Å². The Hall–Kier alpha value is -1.48. The van der Waals surface area contributed by atoms with Gasteiger partial charge in [-0.1, -0.05) is 31.2 Å². The van der Waals surface area contributed by atoms with Crippen molar-refractivity contribution in [2.45, 2.75) is 19.8 Å². The maximum absolute atomic E-state index is 4.68. The molecule has 2 heterocycles. The molecule has 92 valence electrons. The standard InChI is InChI=1S/C15H16N2S/c1-11-2-7-14(17-10-11)12-3-5-13(6-4-12)15-16-8-9-18-15/h3-6,8-9,11H,2,7,10H2,1H3. The van der Waals surface area contributed by atoms with E-state index in [-0.39, 0.29) is 0 Å². The first-order chi connectivity index (χ1) is 8.83. The third-order valence-corrected chi connectivity index (χ3v) is 4.19. The van der Waals surface area contributed by atoms with Crippen LogP contribution in [-0.4, -0.2) is 17.2 Å². The molecule has 1 aromatic heterocycles. The van der Waals surface area contributed by atoms with Gasteiger partial charge in [-0.15, -0.1) is 11.3 Å². The maximum Gasteiger partial charge on any atom is 0.123 e. The van der Waals surface area contributed by atoms with Crippen molar-refractivity contribution >= 4 is 17.0 Å². The average molecular weight is 256 g/mol. The van der Waals surface area contributed by atoms with Crippen molar-refractivity contribution < 1.29 is 0 Å². The highest BCUT2D eigenvalue weighted by molar-refractivity contribution is 7.13. The van der Waals surface area contributed by atoms with E-state index in [9.17, 15) is 0 Å². The first kappa shape index (κ1) is 11.6. The minimum absolute atomic E-state index is 0.739. The Kier molecular flexibility index (Phi) is 3.24. The van der Waals surface area contributed by atoms with E-state index in [0.717, 1.165) is 23.9 Å². The van der Waals surface area contributed by atoms with Gasteiger partial charge in [0.2, 0.25) is 0 Å². The van der Waals surface area contributed by atoms with Crippen molar-refractivity contribution in [2.24, 2.45) is 10.9 Å². The van der Waals surface area contributed by atoms with E-state index in [0.29, 0.717) is 0 Å². The van der Waals surface area contributed by atoms with Crippen LogP contribution in [0, 0.1) is 5.92 Å². The zero-order valence-corrected chi connectivity index (χ0v) is 11.3. The van der Waals surface area contributed by atoms with E-state index >= 15 is 0 Å². The summed E-state index contributed by atoms with van der Waals surface area (Å²) in [6, 6.07) is 8.64. The first-order valence-electron chi connectivity index (χ1n) is 6.36. The second-order valence-corrected chi connectivity index (χ2v) is 5.74. The molecule has 1 aliphatic rings. The highest BCUT2D eigenvalue weighted by Crippen LogP contribution is 2.23. The summed E-state index contributed by atoms with van der Waals surface area (Å²) in [5.41, 5.74) is 3.72. The second kappa shape index (κ2) is 5.02. The number of thiazole rings is 1. The molecule has 0 N–H and O–H groups in total. The van der Waals surface area contributed by atoms with Crippen LogP contribution in [0.2, 0.25) is 0 Å². The number of hydrogen-bond donors (Lipinski definition) is 0. The van der Waals surface area contributed by atoms with Gasteiger partial charge in [-0.3, -0.25) is 4.99 Å². The van der Waals surface area contributed by atoms with Crippen LogP contribution in [-0.2, 0) is 0 Å². The number of aliphatic imine (C=N–C) groups is 1. The van der Waals surface area contributed by atoms with Gasteiger partial charge in [0.25, 0.3) is 0 Å². The fourth-order valence-corrected chi connectivity index (χ4v) is 2.87. The summed E-state index contributed by atoms with van der Waals surface area (Å²) in [5.74, 6) is 0.739. The van der Waals surface area contributed by atoms with Crippen molar-refractivity contribution in [1.82, 2.24) is 4.98 Å². The second-order valence-electron chi connectivity index (χ2n) is 4.85. The fourth-order valence-electron chi connectivity index (χ4n) is 2.23. The van der Waals surface area contributed by atoms with Gasteiger partial charge in [-0.05, 0) is 24.3 Å². The Bertz CT molecular complexity index is 540. The first-order valence-corrected chi connectivity index (χ1v) is 7.24. The zero-order valence-electron chi connectivity index (χ0n) is 10.5. The van der Waals surface area contributed by atoms with Gasteiger partial charge >= 0.3 is 0 Å². The van der Waals surface area contributed by atoms with Crippen LogP contribution in [0.15, 0.2) is 40.8 Å². The molecule has 3 rings (SSSR count). The summed E-state index contributed by atoms with van der Waals surface area (Å²) in [7, 11) is 0. The molecule has 1 aliphatic heterocycles. The normalized spacial score (nSPS) is 19.6. The number of benzene rings is 1. The quantitative estimate of drug-likeness (QED) is 0.796. The lowest BCUT2D eigenvalue weighted by Crippen LogP contribution is -2.14. The molecule has 1 aromatic carbocycles. The molecule has 0 spiro atoms. The fraction of sp³-hybridized carbons (Fsp3) is 0.333. The van der Waals surface area contributed by atoms with Gasteiger partial charge < -0.3 is 0 Å². The molecular formula is C15H16N2S. The van der Waals surface area contributed by atoms with E-state index in [1.807, 2.05) is 11.6 Å². The monoisotopic (exact) mass is 256 g/mol. The molecule has 18 heavy (non-hydrogen) atoms. The minimum atomic E-state index is 0.739. The van der Waals surface area contributed by atoms with Crippen LogP contribution < -0.4 is 0 Å². The van der Waals surface area contributed by atoms with Crippen LogP contribution in [0.5, 0.6) is 0 Å². The molecule has 0 radical (unpaired) electrons. The van der Waals surface area contributed by atoms with Gasteiger partial charge in [0, 0.05) is 29.4 Å². The molecule has 0 saturated carbocycles. The smallest absolute Gasteiger partial charge is 0.123 e. The van der Waals surface area contributed by atoms with E-state index in [1.165, 1.54) is 23.3 Å². The maximum atomic E-state index is 4.68. The van der Waals surface area contributed by atoms with Crippen molar-refractivity contribution in [3.8, 4) is 10.6 Å². The van der Waals surface area contributed by atoms with E-state index in [1.54, 1.807) is 11.3 Å². The molecule has 1 atom stereocenters. The van der Waals surface area contributed by atoms with Crippen LogP contribution in [0.3, 0.4) is 0 Å². The Morgan fingerprint density at radius 3 is 2.56 bits per heavy atom. The zero-order chi connectivity index (χ0) is 12.4. The average Bonchev–Trinajstić information content (AvgIpc) is 2.94. The van der Waals surface area contributed by atoms with Crippen LogP contribution in [0.25, 0.3) is 10.6 Å². The van der Waals surface area contributed by atoms with Gasteiger partial charge in [0.15, 0.2) is 0 Å². The summed E-state index contributed by atoms with van der Waals surface area (Å²) in [6.45, 7) is 3.25. The van der Waals surface area contributed by atoms with Crippen LogP contribution in [0.1, 0.15) is 25.3 Å². The highest BCUT2D eigenvalue weighted by Gasteiger charge is 2.13. The lowest BCUT2D eigenvalue weighted by molar-refractivity contribution is 0.538. The molecule has 3 heteroatoms. The SMILES string of the molecule is CC1CCC(c2ccc(-c3nccs3)cc2)=NC1. The number of nitrogens with zero attached hydrogens (tertiary/aromatic N) is 2. The predicted molar refractivity (Wildman–Crippen MR) is 77.4 cm³/mol.